The summed E-state index contributed by atoms with van der Waals surface area (Å²) in [6, 6.07) is 2.87. The number of rotatable bonds is 7. The van der Waals surface area contributed by atoms with Crippen molar-refractivity contribution in [3.63, 3.8) is 0 Å². The van der Waals surface area contributed by atoms with E-state index in [0.717, 1.165) is 0 Å². The fraction of sp³-hybridized carbons (Fsp3) is 0.545. The third-order valence-corrected chi connectivity index (χ3v) is 2.25. The number of carbonyl (C=O) groups is 1. The normalized spacial score (nSPS) is 10.6. The minimum atomic E-state index is -0.577. The number of carbonyl (C=O) groups excluding carboxylic acids is 1. The first-order valence-corrected chi connectivity index (χ1v) is 5.72. The summed E-state index contributed by atoms with van der Waals surface area (Å²) in [7, 11) is 0. The van der Waals surface area contributed by atoms with Crippen LogP contribution in [0.25, 0.3) is 0 Å². The Morgan fingerprint density at radius 1 is 1.44 bits per heavy atom. The standard InChI is InChI=1S/C11H17N3O4/c1-8(2)11(15)13-6-5-12-7-9-3-4-10(18-9)14(16)17/h3-4,8,12H,5-7H2,1-2H3,(H,13,15). The second-order valence-corrected chi connectivity index (χ2v) is 4.12. The van der Waals surface area contributed by atoms with Gasteiger partial charge in [-0.15, -0.1) is 0 Å². The van der Waals surface area contributed by atoms with Crippen molar-refractivity contribution in [2.24, 2.45) is 5.92 Å². The molecule has 0 spiro atoms. The summed E-state index contributed by atoms with van der Waals surface area (Å²) in [6.45, 7) is 5.13. The van der Waals surface area contributed by atoms with Crippen LogP contribution in [-0.2, 0) is 11.3 Å². The summed E-state index contributed by atoms with van der Waals surface area (Å²) in [4.78, 5) is 21.0. The van der Waals surface area contributed by atoms with Crippen LogP contribution < -0.4 is 10.6 Å². The van der Waals surface area contributed by atoms with E-state index in [0.29, 0.717) is 25.4 Å². The van der Waals surface area contributed by atoms with E-state index in [9.17, 15) is 14.9 Å². The molecular formula is C11H17N3O4. The average molecular weight is 255 g/mol. The molecule has 1 heterocycles. The number of nitrogens with zero attached hydrogens (tertiary/aromatic N) is 1. The molecule has 0 aliphatic carbocycles. The van der Waals surface area contributed by atoms with E-state index in [1.165, 1.54) is 6.07 Å². The van der Waals surface area contributed by atoms with E-state index in [-0.39, 0.29) is 17.7 Å². The van der Waals surface area contributed by atoms with E-state index in [1.807, 2.05) is 13.8 Å². The van der Waals surface area contributed by atoms with Gasteiger partial charge in [0.2, 0.25) is 5.91 Å². The predicted octanol–water partition coefficient (Wildman–Crippen LogP) is 1.05. The molecule has 0 radical (unpaired) electrons. The monoisotopic (exact) mass is 255 g/mol. The molecule has 0 atom stereocenters. The number of hydrogen-bond donors (Lipinski definition) is 2. The zero-order chi connectivity index (χ0) is 13.5. The predicted molar refractivity (Wildman–Crippen MR) is 64.9 cm³/mol. The Labute approximate surface area is 105 Å². The second-order valence-electron chi connectivity index (χ2n) is 4.12. The molecule has 0 bridgehead atoms. The summed E-state index contributed by atoms with van der Waals surface area (Å²) in [5.41, 5.74) is 0. The fourth-order valence-electron chi connectivity index (χ4n) is 1.25. The summed E-state index contributed by atoms with van der Waals surface area (Å²) in [6.07, 6.45) is 0. The molecule has 0 aliphatic rings. The lowest BCUT2D eigenvalue weighted by molar-refractivity contribution is -0.402. The van der Waals surface area contributed by atoms with Gasteiger partial charge in [-0.2, -0.15) is 0 Å². The lowest BCUT2D eigenvalue weighted by Gasteiger charge is -2.07. The lowest BCUT2D eigenvalue weighted by atomic mass is 10.2. The number of furan rings is 1. The summed E-state index contributed by atoms with van der Waals surface area (Å²) < 4.78 is 4.96. The Bertz CT molecular complexity index is 414. The summed E-state index contributed by atoms with van der Waals surface area (Å²) in [5, 5.41) is 16.1. The van der Waals surface area contributed by atoms with Crippen molar-refractivity contribution in [2.75, 3.05) is 13.1 Å². The Balaban J connectivity index is 2.18. The van der Waals surface area contributed by atoms with Crippen LogP contribution in [0.1, 0.15) is 19.6 Å². The van der Waals surface area contributed by atoms with E-state index in [1.54, 1.807) is 6.07 Å². The molecule has 1 aromatic heterocycles. The Hall–Kier alpha value is -1.89. The maximum Gasteiger partial charge on any atom is 0.433 e. The highest BCUT2D eigenvalue weighted by Gasteiger charge is 2.11. The van der Waals surface area contributed by atoms with Crippen molar-refractivity contribution in [1.29, 1.82) is 0 Å². The van der Waals surface area contributed by atoms with Crippen molar-refractivity contribution in [3.05, 3.63) is 28.0 Å². The van der Waals surface area contributed by atoms with Crippen LogP contribution in [0.4, 0.5) is 5.88 Å². The van der Waals surface area contributed by atoms with Crippen LogP contribution in [-0.4, -0.2) is 23.9 Å². The maximum atomic E-state index is 11.2. The molecular weight excluding hydrogens is 238 g/mol. The molecule has 1 amide bonds. The first-order chi connectivity index (χ1) is 8.50. The van der Waals surface area contributed by atoms with Crippen LogP contribution in [0.5, 0.6) is 0 Å². The zero-order valence-electron chi connectivity index (χ0n) is 10.4. The van der Waals surface area contributed by atoms with Gasteiger partial charge in [0.25, 0.3) is 0 Å². The molecule has 2 N–H and O–H groups in total. The van der Waals surface area contributed by atoms with Crippen LogP contribution in [0.15, 0.2) is 16.5 Å². The molecule has 0 aliphatic heterocycles. The molecule has 0 saturated heterocycles. The maximum absolute atomic E-state index is 11.2. The van der Waals surface area contributed by atoms with Gasteiger partial charge in [-0.05, 0) is 6.07 Å². The average Bonchev–Trinajstić information content (AvgIpc) is 2.77. The van der Waals surface area contributed by atoms with Crippen LogP contribution in [0.2, 0.25) is 0 Å². The highest BCUT2D eigenvalue weighted by atomic mass is 16.6. The summed E-state index contributed by atoms with van der Waals surface area (Å²) >= 11 is 0. The van der Waals surface area contributed by atoms with Gasteiger partial charge in [-0.1, -0.05) is 13.8 Å². The molecule has 7 heteroatoms. The molecule has 18 heavy (non-hydrogen) atoms. The van der Waals surface area contributed by atoms with Gasteiger partial charge in [-0.25, -0.2) is 0 Å². The second kappa shape index (κ2) is 6.75. The smallest absolute Gasteiger partial charge is 0.404 e. The third-order valence-electron chi connectivity index (χ3n) is 2.25. The number of hydrogen-bond acceptors (Lipinski definition) is 5. The highest BCUT2D eigenvalue weighted by Crippen LogP contribution is 2.14. The molecule has 1 aromatic rings. The van der Waals surface area contributed by atoms with Crippen LogP contribution in [0.3, 0.4) is 0 Å². The highest BCUT2D eigenvalue weighted by molar-refractivity contribution is 5.77. The van der Waals surface area contributed by atoms with E-state index >= 15 is 0 Å². The minimum absolute atomic E-state index is 0.00503. The molecule has 7 nitrogen and oxygen atoms in total. The zero-order valence-corrected chi connectivity index (χ0v) is 10.4. The molecule has 0 unspecified atom stereocenters. The molecule has 100 valence electrons. The van der Waals surface area contributed by atoms with E-state index in [4.69, 9.17) is 4.42 Å². The Morgan fingerprint density at radius 2 is 2.17 bits per heavy atom. The SMILES string of the molecule is CC(C)C(=O)NCCNCc1ccc([N+](=O)[O-])o1. The van der Waals surface area contributed by atoms with Crippen LogP contribution in [0, 0.1) is 16.0 Å². The van der Waals surface area contributed by atoms with Crippen molar-refractivity contribution in [2.45, 2.75) is 20.4 Å². The van der Waals surface area contributed by atoms with Crippen molar-refractivity contribution >= 4 is 11.8 Å². The van der Waals surface area contributed by atoms with Crippen molar-refractivity contribution in [1.82, 2.24) is 10.6 Å². The van der Waals surface area contributed by atoms with Gasteiger partial charge in [0.15, 0.2) is 0 Å². The first kappa shape index (κ1) is 14.2. The lowest BCUT2D eigenvalue weighted by Crippen LogP contribution is -2.34. The molecule has 0 aromatic carbocycles. The number of amides is 1. The van der Waals surface area contributed by atoms with Crippen molar-refractivity contribution in [3.8, 4) is 0 Å². The number of nitro groups is 1. The van der Waals surface area contributed by atoms with Gasteiger partial charge < -0.3 is 15.1 Å². The van der Waals surface area contributed by atoms with Gasteiger partial charge in [0, 0.05) is 19.0 Å². The van der Waals surface area contributed by atoms with Gasteiger partial charge in [-0.3, -0.25) is 14.9 Å². The summed E-state index contributed by atoms with van der Waals surface area (Å²) in [5.74, 6) is 0.208. The van der Waals surface area contributed by atoms with Gasteiger partial charge in [0.1, 0.15) is 10.7 Å². The van der Waals surface area contributed by atoms with Crippen molar-refractivity contribution < 1.29 is 14.1 Å². The van der Waals surface area contributed by atoms with E-state index in [2.05, 4.69) is 10.6 Å². The Morgan fingerprint density at radius 3 is 2.72 bits per heavy atom. The van der Waals surface area contributed by atoms with Gasteiger partial charge in [0.05, 0.1) is 12.6 Å². The largest absolute Gasteiger partial charge is 0.433 e. The number of nitrogens with one attached hydrogen (secondary N) is 2. The molecule has 0 fully saturated rings. The molecule has 1 rings (SSSR count). The minimum Gasteiger partial charge on any atom is -0.404 e. The van der Waals surface area contributed by atoms with E-state index < -0.39 is 4.92 Å². The quantitative estimate of drug-likeness (QED) is 0.431. The molecule has 0 saturated carbocycles. The van der Waals surface area contributed by atoms with Crippen LogP contribution >= 0.6 is 0 Å². The fourth-order valence-corrected chi connectivity index (χ4v) is 1.25. The van der Waals surface area contributed by atoms with Gasteiger partial charge >= 0.3 is 5.88 Å². The topological polar surface area (TPSA) is 97.4 Å². The first-order valence-electron chi connectivity index (χ1n) is 5.72. The third kappa shape index (κ3) is 4.54. The Kier molecular flexibility index (Phi) is 5.31.